The van der Waals surface area contributed by atoms with E-state index in [9.17, 15) is 13.2 Å². The number of benzene rings is 1. The summed E-state index contributed by atoms with van der Waals surface area (Å²) in [6, 6.07) is 8.89. The van der Waals surface area contributed by atoms with E-state index in [2.05, 4.69) is 20.1 Å². The molecule has 0 unspecified atom stereocenters. The lowest BCUT2D eigenvalue weighted by Crippen LogP contribution is -2.23. The van der Waals surface area contributed by atoms with Crippen molar-refractivity contribution in [3.63, 3.8) is 0 Å². The van der Waals surface area contributed by atoms with Crippen LogP contribution in [0.1, 0.15) is 53.0 Å². The van der Waals surface area contributed by atoms with Crippen LogP contribution in [0.3, 0.4) is 0 Å². The van der Waals surface area contributed by atoms with Crippen molar-refractivity contribution in [2.45, 2.75) is 38.4 Å². The molecule has 4 heterocycles. The molecule has 0 radical (unpaired) electrons. The highest BCUT2D eigenvalue weighted by atomic mass is 19.4. The van der Waals surface area contributed by atoms with Gasteiger partial charge in [0.2, 0.25) is 5.88 Å². The Morgan fingerprint density at radius 2 is 1.91 bits per heavy atom. The molecule has 3 aromatic heterocycles. The first-order valence-corrected chi connectivity index (χ1v) is 11.2. The van der Waals surface area contributed by atoms with Crippen LogP contribution in [-0.4, -0.2) is 36.4 Å². The highest BCUT2D eigenvalue weighted by Crippen LogP contribution is 2.39. The fourth-order valence-electron chi connectivity index (χ4n) is 4.37. The van der Waals surface area contributed by atoms with Crippen molar-refractivity contribution in [1.82, 2.24) is 29.3 Å². The Morgan fingerprint density at radius 1 is 1.09 bits per heavy atom. The third-order valence-electron chi connectivity index (χ3n) is 5.96. The largest absolute Gasteiger partial charge is 0.479 e. The Balaban J connectivity index is 1.43. The number of aryl methyl sites for hydroxylation is 2. The summed E-state index contributed by atoms with van der Waals surface area (Å²) in [5, 5.41) is 4.54. The van der Waals surface area contributed by atoms with E-state index in [1.807, 2.05) is 29.8 Å². The molecular weight excluding hydrogens is 457 g/mol. The van der Waals surface area contributed by atoms with Crippen LogP contribution < -0.4 is 4.74 Å². The average molecular weight is 480 g/mol. The number of alkyl halides is 3. The molecule has 7 nitrogen and oxygen atoms in total. The van der Waals surface area contributed by atoms with Gasteiger partial charge in [0.25, 0.3) is 0 Å². The number of methoxy groups -OCH3 is 1. The van der Waals surface area contributed by atoms with Crippen LogP contribution >= 0.6 is 0 Å². The summed E-state index contributed by atoms with van der Waals surface area (Å²) >= 11 is 0. The first-order valence-electron chi connectivity index (χ1n) is 11.2. The lowest BCUT2D eigenvalue weighted by Gasteiger charge is -2.26. The number of aromatic nitrogens is 6. The number of imidazole rings is 1. The Labute approximate surface area is 199 Å². The normalized spacial score (nSPS) is 16.0. The van der Waals surface area contributed by atoms with Gasteiger partial charge in [0.1, 0.15) is 11.5 Å². The highest BCUT2D eigenvalue weighted by molar-refractivity contribution is 5.65. The van der Waals surface area contributed by atoms with Gasteiger partial charge in [-0.25, -0.2) is 19.6 Å². The molecule has 0 amide bonds. The molecule has 1 atom stereocenters. The third-order valence-corrected chi connectivity index (χ3v) is 5.96. The Morgan fingerprint density at radius 3 is 2.66 bits per heavy atom. The molecular formula is C25H23F3N6O. The van der Waals surface area contributed by atoms with Gasteiger partial charge in [-0.2, -0.15) is 18.3 Å². The van der Waals surface area contributed by atoms with Gasteiger partial charge in [0.15, 0.2) is 5.82 Å². The van der Waals surface area contributed by atoms with E-state index in [1.165, 1.54) is 12.1 Å². The van der Waals surface area contributed by atoms with E-state index in [1.54, 1.807) is 36.3 Å². The number of nitrogens with zero attached hydrogens (tertiary/aromatic N) is 6. The van der Waals surface area contributed by atoms with Crippen LogP contribution in [0.15, 0.2) is 48.9 Å². The molecule has 0 N–H and O–H groups in total. The predicted octanol–water partition coefficient (Wildman–Crippen LogP) is 5.29. The molecule has 0 fully saturated rings. The van der Waals surface area contributed by atoms with Gasteiger partial charge in [-0.3, -0.25) is 0 Å². The van der Waals surface area contributed by atoms with Crippen molar-refractivity contribution in [2.24, 2.45) is 0 Å². The molecule has 10 heteroatoms. The quantitative estimate of drug-likeness (QED) is 0.388. The Bertz CT molecular complexity index is 1390. The van der Waals surface area contributed by atoms with Crippen molar-refractivity contribution in [1.29, 1.82) is 0 Å². The van der Waals surface area contributed by atoms with E-state index in [0.29, 0.717) is 36.1 Å². The third kappa shape index (κ3) is 4.55. The summed E-state index contributed by atoms with van der Waals surface area (Å²) in [6.45, 7) is 1.90. The maximum atomic E-state index is 13.6. The monoisotopic (exact) mass is 480 g/mol. The number of fused-ring (bicyclic) bond motifs is 1. The van der Waals surface area contributed by atoms with Gasteiger partial charge in [0, 0.05) is 12.6 Å². The minimum absolute atomic E-state index is 0.220. The van der Waals surface area contributed by atoms with Gasteiger partial charge in [0.05, 0.1) is 36.4 Å². The van der Waals surface area contributed by atoms with Crippen LogP contribution in [0.2, 0.25) is 0 Å². The van der Waals surface area contributed by atoms with Gasteiger partial charge in [-0.15, -0.1) is 0 Å². The first kappa shape index (κ1) is 22.8. The number of ether oxygens (including phenoxy) is 1. The second-order valence-electron chi connectivity index (χ2n) is 8.34. The van der Waals surface area contributed by atoms with Crippen LogP contribution in [0.5, 0.6) is 5.88 Å². The standard InChI is InChI=1S/C25H23F3N6O/c1-16-14-33(15-29-16)21-12-10-17(30-24(21)35-2)11-13-22-31-23-9-5-8-20(34(23)32-22)18-6-3-4-7-19(18)25(26,27)28/h3-4,6-7,10-15,20H,5,8-9H2,1-2H3/b13-11+/t20-/m0/s1. The zero-order chi connectivity index (χ0) is 24.6. The average Bonchev–Trinajstić information content (AvgIpc) is 3.47. The second-order valence-corrected chi connectivity index (χ2v) is 8.34. The van der Waals surface area contributed by atoms with Crippen molar-refractivity contribution in [3.8, 4) is 11.6 Å². The fraction of sp³-hybridized carbons (Fsp3) is 0.280. The number of rotatable bonds is 5. The van der Waals surface area contributed by atoms with Gasteiger partial charge in [-0.1, -0.05) is 18.2 Å². The predicted molar refractivity (Wildman–Crippen MR) is 124 cm³/mol. The number of hydrogen-bond acceptors (Lipinski definition) is 5. The molecule has 0 aliphatic carbocycles. The molecule has 0 spiro atoms. The van der Waals surface area contributed by atoms with Crippen molar-refractivity contribution >= 4 is 12.2 Å². The minimum atomic E-state index is -4.43. The summed E-state index contributed by atoms with van der Waals surface area (Å²) in [4.78, 5) is 13.3. The number of pyridine rings is 1. The summed E-state index contributed by atoms with van der Waals surface area (Å²) < 4.78 is 49.8. The van der Waals surface area contributed by atoms with E-state index >= 15 is 0 Å². The zero-order valence-electron chi connectivity index (χ0n) is 19.2. The van der Waals surface area contributed by atoms with E-state index in [4.69, 9.17) is 4.74 Å². The summed E-state index contributed by atoms with van der Waals surface area (Å²) in [6.07, 6.45) is 4.58. The van der Waals surface area contributed by atoms with Crippen LogP contribution in [0, 0.1) is 6.92 Å². The van der Waals surface area contributed by atoms with Gasteiger partial charge in [-0.05, 0) is 55.7 Å². The lowest BCUT2D eigenvalue weighted by atomic mass is 9.93. The molecule has 35 heavy (non-hydrogen) atoms. The highest BCUT2D eigenvalue weighted by Gasteiger charge is 2.36. The molecule has 1 aliphatic heterocycles. The molecule has 180 valence electrons. The van der Waals surface area contributed by atoms with Crippen LogP contribution in [0.25, 0.3) is 17.8 Å². The summed E-state index contributed by atoms with van der Waals surface area (Å²) in [5.41, 5.74) is 1.86. The maximum absolute atomic E-state index is 13.6. The Hall–Kier alpha value is -3.95. The molecule has 0 saturated heterocycles. The van der Waals surface area contributed by atoms with E-state index in [0.717, 1.165) is 23.9 Å². The molecule has 1 aliphatic rings. The lowest BCUT2D eigenvalue weighted by molar-refractivity contribution is -0.138. The summed E-state index contributed by atoms with van der Waals surface area (Å²) in [5.74, 6) is 1.53. The van der Waals surface area contributed by atoms with Gasteiger partial charge >= 0.3 is 6.18 Å². The molecule has 0 saturated carbocycles. The van der Waals surface area contributed by atoms with E-state index in [-0.39, 0.29) is 5.56 Å². The molecule has 1 aromatic carbocycles. The van der Waals surface area contributed by atoms with Crippen LogP contribution in [0.4, 0.5) is 13.2 Å². The van der Waals surface area contributed by atoms with E-state index < -0.39 is 17.8 Å². The first-order chi connectivity index (χ1) is 16.8. The molecule has 4 aromatic rings. The smallest absolute Gasteiger partial charge is 0.416 e. The summed E-state index contributed by atoms with van der Waals surface area (Å²) in [7, 11) is 1.55. The topological polar surface area (TPSA) is 70.7 Å². The Kier molecular flexibility index (Phi) is 5.88. The number of halogens is 3. The maximum Gasteiger partial charge on any atom is 0.416 e. The molecule has 0 bridgehead atoms. The minimum Gasteiger partial charge on any atom is -0.479 e. The molecule has 5 rings (SSSR count). The van der Waals surface area contributed by atoms with Crippen molar-refractivity contribution in [3.05, 3.63) is 83.1 Å². The van der Waals surface area contributed by atoms with Crippen molar-refractivity contribution < 1.29 is 17.9 Å². The number of hydrogen-bond donors (Lipinski definition) is 0. The van der Waals surface area contributed by atoms with Crippen LogP contribution in [-0.2, 0) is 12.6 Å². The fourth-order valence-corrected chi connectivity index (χ4v) is 4.37. The van der Waals surface area contributed by atoms with Crippen molar-refractivity contribution in [2.75, 3.05) is 7.11 Å². The zero-order valence-corrected chi connectivity index (χ0v) is 19.2. The second kappa shape index (κ2) is 9.01. The SMILES string of the molecule is COc1nc(/C=C/c2nc3n(n2)[C@H](c2ccccc2C(F)(F)F)CCC3)ccc1-n1cnc(C)c1. The van der Waals surface area contributed by atoms with Gasteiger partial charge < -0.3 is 9.30 Å².